The first-order chi connectivity index (χ1) is 8.99. The minimum absolute atomic E-state index is 0.0735. The standard InChI is InChI=1S/C15H24N2O2/c1-11(2)13-9-12(5-6-14(13)19-4)10-17(3)15(18)7-8-16/h5-6,9,11H,7-8,10,16H2,1-4H3. The number of carbonyl (C=O) groups is 1. The van der Waals surface area contributed by atoms with Crippen molar-refractivity contribution in [1.82, 2.24) is 4.90 Å². The van der Waals surface area contributed by atoms with E-state index in [2.05, 4.69) is 19.9 Å². The molecule has 1 aromatic rings. The van der Waals surface area contributed by atoms with E-state index in [0.717, 1.165) is 11.3 Å². The van der Waals surface area contributed by atoms with Crippen LogP contribution >= 0.6 is 0 Å². The summed E-state index contributed by atoms with van der Waals surface area (Å²) >= 11 is 0. The van der Waals surface area contributed by atoms with Crippen LogP contribution in [0.3, 0.4) is 0 Å². The predicted molar refractivity (Wildman–Crippen MR) is 77.2 cm³/mol. The summed E-state index contributed by atoms with van der Waals surface area (Å²) in [4.78, 5) is 13.4. The Labute approximate surface area is 115 Å². The van der Waals surface area contributed by atoms with E-state index in [1.54, 1.807) is 19.1 Å². The molecular formula is C15H24N2O2. The van der Waals surface area contributed by atoms with Crippen LogP contribution in [0.25, 0.3) is 0 Å². The van der Waals surface area contributed by atoms with Gasteiger partial charge in [0.2, 0.25) is 5.91 Å². The number of hydrogen-bond donors (Lipinski definition) is 1. The summed E-state index contributed by atoms with van der Waals surface area (Å²) in [5, 5.41) is 0. The monoisotopic (exact) mass is 264 g/mol. The normalized spacial score (nSPS) is 10.6. The minimum Gasteiger partial charge on any atom is -0.496 e. The molecule has 0 heterocycles. The summed E-state index contributed by atoms with van der Waals surface area (Å²) in [5.74, 6) is 1.36. The Morgan fingerprint density at radius 3 is 2.63 bits per heavy atom. The second kappa shape index (κ2) is 7.14. The van der Waals surface area contributed by atoms with E-state index in [0.29, 0.717) is 25.4 Å². The summed E-state index contributed by atoms with van der Waals surface area (Å²) in [6.07, 6.45) is 0.393. The maximum Gasteiger partial charge on any atom is 0.223 e. The molecule has 0 radical (unpaired) electrons. The predicted octanol–water partition coefficient (Wildman–Crippen LogP) is 2.13. The molecule has 0 aliphatic rings. The van der Waals surface area contributed by atoms with Crippen LogP contribution in [-0.2, 0) is 11.3 Å². The fourth-order valence-corrected chi connectivity index (χ4v) is 2.01. The molecule has 0 unspecified atom stereocenters. The summed E-state index contributed by atoms with van der Waals surface area (Å²) in [6.45, 7) is 5.25. The molecule has 1 rings (SSSR count). The Morgan fingerprint density at radius 2 is 2.11 bits per heavy atom. The minimum atomic E-state index is 0.0735. The highest BCUT2D eigenvalue weighted by atomic mass is 16.5. The number of hydrogen-bond acceptors (Lipinski definition) is 3. The van der Waals surface area contributed by atoms with Crippen molar-refractivity contribution in [3.05, 3.63) is 29.3 Å². The number of nitrogens with two attached hydrogens (primary N) is 1. The summed E-state index contributed by atoms with van der Waals surface area (Å²) < 4.78 is 5.36. The fraction of sp³-hybridized carbons (Fsp3) is 0.533. The highest BCUT2D eigenvalue weighted by Crippen LogP contribution is 2.27. The van der Waals surface area contributed by atoms with Crippen LogP contribution in [-0.4, -0.2) is 31.5 Å². The molecule has 19 heavy (non-hydrogen) atoms. The fourth-order valence-electron chi connectivity index (χ4n) is 2.01. The first-order valence-electron chi connectivity index (χ1n) is 6.60. The number of ether oxygens (including phenoxy) is 1. The van der Waals surface area contributed by atoms with Crippen molar-refractivity contribution in [2.45, 2.75) is 32.7 Å². The third-order valence-electron chi connectivity index (χ3n) is 3.12. The number of rotatable bonds is 6. The lowest BCUT2D eigenvalue weighted by Crippen LogP contribution is -2.28. The number of methoxy groups -OCH3 is 1. The van der Waals surface area contributed by atoms with Crippen molar-refractivity contribution in [3.63, 3.8) is 0 Å². The Bertz CT molecular complexity index is 430. The topological polar surface area (TPSA) is 55.6 Å². The first-order valence-corrected chi connectivity index (χ1v) is 6.60. The smallest absolute Gasteiger partial charge is 0.223 e. The van der Waals surface area contributed by atoms with Crippen LogP contribution in [0.5, 0.6) is 5.75 Å². The van der Waals surface area contributed by atoms with Gasteiger partial charge >= 0.3 is 0 Å². The van der Waals surface area contributed by atoms with Gasteiger partial charge in [0.1, 0.15) is 5.75 Å². The molecule has 0 fully saturated rings. The molecule has 1 amide bonds. The zero-order valence-corrected chi connectivity index (χ0v) is 12.3. The zero-order valence-electron chi connectivity index (χ0n) is 12.3. The highest BCUT2D eigenvalue weighted by molar-refractivity contribution is 5.76. The van der Waals surface area contributed by atoms with Crippen LogP contribution in [0, 0.1) is 0 Å². The molecule has 0 saturated carbocycles. The summed E-state index contributed by atoms with van der Waals surface area (Å²) in [6, 6.07) is 6.07. The molecule has 2 N–H and O–H groups in total. The van der Waals surface area contributed by atoms with Crippen LogP contribution in [0.15, 0.2) is 18.2 Å². The third kappa shape index (κ3) is 4.24. The largest absolute Gasteiger partial charge is 0.496 e. The van der Waals surface area contributed by atoms with E-state index in [1.807, 2.05) is 12.1 Å². The van der Waals surface area contributed by atoms with Crippen molar-refractivity contribution in [1.29, 1.82) is 0 Å². The van der Waals surface area contributed by atoms with E-state index in [-0.39, 0.29) is 5.91 Å². The third-order valence-corrected chi connectivity index (χ3v) is 3.12. The Hall–Kier alpha value is -1.55. The molecule has 0 saturated heterocycles. The average Bonchev–Trinajstić information content (AvgIpc) is 2.38. The lowest BCUT2D eigenvalue weighted by atomic mass is 9.99. The van der Waals surface area contributed by atoms with Gasteiger partial charge in [0.05, 0.1) is 7.11 Å². The molecule has 106 valence electrons. The van der Waals surface area contributed by atoms with Crippen LogP contribution in [0.1, 0.15) is 37.3 Å². The summed E-state index contributed by atoms with van der Waals surface area (Å²) in [5.41, 5.74) is 7.67. The molecule has 0 aliphatic heterocycles. The molecule has 0 aromatic heterocycles. The Kier molecular flexibility index (Phi) is 5.83. The molecule has 0 bridgehead atoms. The van der Waals surface area contributed by atoms with Gasteiger partial charge in [-0.2, -0.15) is 0 Å². The number of carbonyl (C=O) groups excluding carboxylic acids is 1. The zero-order chi connectivity index (χ0) is 14.4. The van der Waals surface area contributed by atoms with Crippen molar-refractivity contribution in [2.75, 3.05) is 20.7 Å². The molecule has 0 aliphatic carbocycles. The second-order valence-electron chi connectivity index (χ2n) is 5.02. The van der Waals surface area contributed by atoms with Gasteiger partial charge in [-0.15, -0.1) is 0 Å². The lowest BCUT2D eigenvalue weighted by molar-refractivity contribution is -0.130. The second-order valence-corrected chi connectivity index (χ2v) is 5.02. The summed E-state index contributed by atoms with van der Waals surface area (Å²) in [7, 11) is 3.48. The van der Waals surface area contributed by atoms with Gasteiger partial charge < -0.3 is 15.4 Å². The van der Waals surface area contributed by atoms with Crippen LogP contribution in [0.2, 0.25) is 0 Å². The highest BCUT2D eigenvalue weighted by Gasteiger charge is 2.11. The van der Waals surface area contributed by atoms with Gasteiger partial charge in [0.15, 0.2) is 0 Å². The Balaban J connectivity index is 2.85. The molecule has 1 aromatic carbocycles. The van der Waals surface area contributed by atoms with Gasteiger partial charge in [-0.3, -0.25) is 4.79 Å². The quantitative estimate of drug-likeness (QED) is 0.856. The maximum absolute atomic E-state index is 11.7. The van der Waals surface area contributed by atoms with Crippen molar-refractivity contribution in [2.24, 2.45) is 5.73 Å². The van der Waals surface area contributed by atoms with E-state index < -0.39 is 0 Å². The van der Waals surface area contributed by atoms with Crippen LogP contribution in [0.4, 0.5) is 0 Å². The van der Waals surface area contributed by atoms with Gasteiger partial charge in [-0.25, -0.2) is 0 Å². The molecule has 4 nitrogen and oxygen atoms in total. The number of benzene rings is 1. The van der Waals surface area contributed by atoms with Gasteiger partial charge in [-0.05, 0) is 23.1 Å². The van der Waals surface area contributed by atoms with Crippen LogP contribution < -0.4 is 10.5 Å². The molecular weight excluding hydrogens is 240 g/mol. The van der Waals surface area contributed by atoms with Gasteiger partial charge in [-0.1, -0.05) is 26.0 Å². The molecule has 0 atom stereocenters. The van der Waals surface area contributed by atoms with Gasteiger partial charge in [0.25, 0.3) is 0 Å². The Morgan fingerprint density at radius 1 is 1.42 bits per heavy atom. The van der Waals surface area contributed by atoms with E-state index in [4.69, 9.17) is 10.5 Å². The number of amides is 1. The molecule has 0 spiro atoms. The van der Waals surface area contributed by atoms with Crippen molar-refractivity contribution < 1.29 is 9.53 Å². The van der Waals surface area contributed by atoms with Crippen molar-refractivity contribution >= 4 is 5.91 Å². The van der Waals surface area contributed by atoms with Crippen molar-refractivity contribution in [3.8, 4) is 5.75 Å². The van der Waals surface area contributed by atoms with E-state index in [9.17, 15) is 4.79 Å². The van der Waals surface area contributed by atoms with E-state index >= 15 is 0 Å². The molecule has 4 heteroatoms. The average molecular weight is 264 g/mol. The van der Waals surface area contributed by atoms with E-state index in [1.165, 1.54) is 5.56 Å². The lowest BCUT2D eigenvalue weighted by Gasteiger charge is -2.19. The van der Waals surface area contributed by atoms with Gasteiger partial charge in [0, 0.05) is 26.6 Å². The maximum atomic E-state index is 11.7. The SMILES string of the molecule is COc1ccc(CN(C)C(=O)CCN)cc1C(C)C. The first kappa shape index (κ1) is 15.5. The number of nitrogens with zero attached hydrogens (tertiary/aromatic N) is 1.